The number of benzene rings is 1. The maximum Gasteiger partial charge on any atom is 0.323 e. The van der Waals surface area contributed by atoms with Crippen molar-refractivity contribution in [2.24, 2.45) is 0 Å². The summed E-state index contributed by atoms with van der Waals surface area (Å²) in [5.74, 6) is -1.23. The molecule has 0 unspecified atom stereocenters. The summed E-state index contributed by atoms with van der Waals surface area (Å²) in [5.41, 5.74) is 14.0. The first-order valence-electron chi connectivity index (χ1n) is 8.57. The average molecular weight is 414 g/mol. The van der Waals surface area contributed by atoms with Crippen LogP contribution in [0.4, 0.5) is 17.5 Å². The van der Waals surface area contributed by atoms with Gasteiger partial charge in [0.2, 0.25) is 5.95 Å². The third-order valence-electron chi connectivity index (χ3n) is 4.17. The highest BCUT2D eigenvalue weighted by atomic mass is 16.4. The Balaban J connectivity index is 0.00000320. The van der Waals surface area contributed by atoms with E-state index >= 15 is 0 Å². The van der Waals surface area contributed by atoms with Gasteiger partial charge in [-0.15, -0.1) is 0 Å². The molecule has 30 heavy (non-hydrogen) atoms. The van der Waals surface area contributed by atoms with Gasteiger partial charge < -0.3 is 31.8 Å². The van der Waals surface area contributed by atoms with Crippen molar-refractivity contribution >= 4 is 40.5 Å². The highest BCUT2D eigenvalue weighted by Gasteiger charge is 2.15. The van der Waals surface area contributed by atoms with E-state index in [0.29, 0.717) is 29.0 Å². The van der Waals surface area contributed by atoms with Gasteiger partial charge in [0.05, 0.1) is 18.4 Å². The second kappa shape index (κ2) is 8.96. The normalized spacial score (nSPS) is 10.3. The van der Waals surface area contributed by atoms with E-state index in [9.17, 15) is 9.59 Å². The molecule has 0 aliphatic carbocycles. The van der Waals surface area contributed by atoms with E-state index < -0.39 is 5.97 Å². The van der Waals surface area contributed by atoms with Crippen LogP contribution in [0.5, 0.6) is 0 Å². The summed E-state index contributed by atoms with van der Waals surface area (Å²) < 4.78 is 0. The smallest absolute Gasteiger partial charge is 0.323 e. The number of aliphatic carboxylic acids is 1. The Morgan fingerprint density at radius 2 is 1.73 bits per heavy atom. The SMILES string of the molecule is CN(CC(=O)O)C(=O)c1ccc(N(C)Cc2cnc3nc(N)nc(N)c3n2)cc1.O. The zero-order valence-electron chi connectivity index (χ0n) is 16.4. The van der Waals surface area contributed by atoms with Crippen LogP contribution in [0.25, 0.3) is 11.2 Å². The molecule has 0 saturated carbocycles. The van der Waals surface area contributed by atoms with Crippen molar-refractivity contribution in [3.05, 3.63) is 41.7 Å². The molecule has 1 amide bonds. The summed E-state index contributed by atoms with van der Waals surface area (Å²) in [6.07, 6.45) is 1.59. The highest BCUT2D eigenvalue weighted by Crippen LogP contribution is 2.19. The number of hydrogen-bond donors (Lipinski definition) is 3. The van der Waals surface area contributed by atoms with Crippen molar-refractivity contribution in [1.82, 2.24) is 24.8 Å². The second-order valence-electron chi connectivity index (χ2n) is 6.46. The lowest BCUT2D eigenvalue weighted by molar-refractivity contribution is -0.137. The van der Waals surface area contributed by atoms with Crippen LogP contribution < -0.4 is 16.4 Å². The number of nitrogens with zero attached hydrogens (tertiary/aromatic N) is 6. The third-order valence-corrected chi connectivity index (χ3v) is 4.17. The molecular formula is C18H22N8O4. The summed E-state index contributed by atoms with van der Waals surface area (Å²) in [7, 11) is 3.31. The number of rotatable bonds is 6. The number of nitrogens with two attached hydrogens (primary N) is 2. The molecule has 2 aromatic heterocycles. The number of carbonyl (C=O) groups is 2. The fraction of sp³-hybridized carbons (Fsp3) is 0.222. The van der Waals surface area contributed by atoms with Crippen molar-refractivity contribution < 1.29 is 20.2 Å². The molecule has 3 rings (SSSR count). The predicted octanol–water partition coefficient (Wildman–Crippen LogP) is -0.448. The Hall–Kier alpha value is -4.06. The number of likely N-dealkylation sites (N-methyl/N-ethyl adjacent to an activating group) is 1. The molecule has 0 fully saturated rings. The third kappa shape index (κ3) is 4.86. The molecule has 0 radical (unpaired) electrons. The van der Waals surface area contributed by atoms with Gasteiger partial charge in [-0.2, -0.15) is 9.97 Å². The predicted molar refractivity (Wildman–Crippen MR) is 111 cm³/mol. The van der Waals surface area contributed by atoms with E-state index in [4.69, 9.17) is 16.6 Å². The Kier molecular flexibility index (Phi) is 6.64. The molecule has 1 aromatic carbocycles. The molecule has 0 bridgehead atoms. The molecule has 3 aromatic rings. The van der Waals surface area contributed by atoms with Gasteiger partial charge in [0.25, 0.3) is 5.91 Å². The monoisotopic (exact) mass is 414 g/mol. The van der Waals surface area contributed by atoms with E-state index in [1.54, 1.807) is 30.5 Å². The van der Waals surface area contributed by atoms with E-state index in [-0.39, 0.29) is 29.7 Å². The molecule has 2 heterocycles. The first kappa shape index (κ1) is 22.2. The molecule has 0 aliphatic rings. The first-order valence-corrected chi connectivity index (χ1v) is 8.57. The van der Waals surface area contributed by atoms with Crippen LogP contribution in [-0.4, -0.2) is 67.9 Å². The van der Waals surface area contributed by atoms with Crippen LogP contribution in [0.15, 0.2) is 30.5 Å². The summed E-state index contributed by atoms with van der Waals surface area (Å²) in [6, 6.07) is 6.84. The highest BCUT2D eigenvalue weighted by molar-refractivity contribution is 5.96. The number of fused-ring (bicyclic) bond motifs is 1. The van der Waals surface area contributed by atoms with Crippen LogP contribution in [0.1, 0.15) is 16.1 Å². The van der Waals surface area contributed by atoms with E-state index in [1.807, 2.05) is 11.9 Å². The zero-order valence-corrected chi connectivity index (χ0v) is 16.4. The minimum Gasteiger partial charge on any atom is -0.480 e. The fourth-order valence-corrected chi connectivity index (χ4v) is 2.75. The molecule has 158 valence electrons. The largest absolute Gasteiger partial charge is 0.480 e. The molecule has 7 N–H and O–H groups in total. The number of aromatic nitrogens is 4. The summed E-state index contributed by atoms with van der Waals surface area (Å²) in [6.45, 7) is 0.0680. The molecular weight excluding hydrogens is 392 g/mol. The van der Waals surface area contributed by atoms with Crippen molar-refractivity contribution in [2.75, 3.05) is 37.0 Å². The maximum atomic E-state index is 12.2. The van der Waals surface area contributed by atoms with Crippen LogP contribution in [0, 0.1) is 0 Å². The number of anilines is 3. The lowest BCUT2D eigenvalue weighted by Gasteiger charge is -2.20. The van der Waals surface area contributed by atoms with Gasteiger partial charge >= 0.3 is 5.97 Å². The lowest BCUT2D eigenvalue weighted by atomic mass is 10.1. The molecule has 12 heteroatoms. The molecule has 12 nitrogen and oxygen atoms in total. The average Bonchev–Trinajstić information content (AvgIpc) is 2.67. The van der Waals surface area contributed by atoms with Crippen molar-refractivity contribution in [2.45, 2.75) is 6.54 Å². The molecule has 0 spiro atoms. The number of carboxylic acid groups (broad SMARTS) is 1. The van der Waals surface area contributed by atoms with Gasteiger partial charge in [-0.05, 0) is 24.3 Å². The number of carboxylic acids is 1. The number of hydrogen-bond acceptors (Lipinski definition) is 9. The van der Waals surface area contributed by atoms with E-state index in [0.717, 1.165) is 10.6 Å². The van der Waals surface area contributed by atoms with Crippen molar-refractivity contribution in [3.8, 4) is 0 Å². The Labute approximate surface area is 171 Å². The minimum absolute atomic E-state index is 0. The number of nitrogen functional groups attached to an aromatic ring is 2. The Morgan fingerprint density at radius 3 is 2.37 bits per heavy atom. The van der Waals surface area contributed by atoms with Crippen molar-refractivity contribution in [1.29, 1.82) is 0 Å². The zero-order chi connectivity index (χ0) is 21.1. The quantitative estimate of drug-likeness (QED) is 0.475. The van der Waals surface area contributed by atoms with E-state index in [1.165, 1.54) is 7.05 Å². The standard InChI is InChI=1S/C18H20N8O3.H2O/c1-25(8-11-7-21-16-14(22-11)15(19)23-18(20)24-16)12-5-3-10(4-6-12)17(29)26(2)9-13(27)28;/h3-7H,8-9H2,1-2H3,(H,27,28)(H4,19,20,21,23,24);1H2. The summed E-state index contributed by atoms with van der Waals surface area (Å²) in [4.78, 5) is 42.6. The van der Waals surface area contributed by atoms with Gasteiger partial charge in [0.1, 0.15) is 6.54 Å². The lowest BCUT2D eigenvalue weighted by Crippen LogP contribution is -2.31. The van der Waals surface area contributed by atoms with Gasteiger partial charge in [-0.25, -0.2) is 9.97 Å². The first-order chi connectivity index (χ1) is 13.7. The van der Waals surface area contributed by atoms with Gasteiger partial charge in [-0.1, -0.05) is 0 Å². The number of carbonyl (C=O) groups excluding carboxylic acids is 1. The van der Waals surface area contributed by atoms with E-state index in [2.05, 4.69) is 19.9 Å². The van der Waals surface area contributed by atoms with Crippen LogP contribution >= 0.6 is 0 Å². The molecule has 0 saturated heterocycles. The Morgan fingerprint density at radius 1 is 1.07 bits per heavy atom. The van der Waals surface area contributed by atoms with Gasteiger partial charge in [-0.3, -0.25) is 9.59 Å². The number of amides is 1. The van der Waals surface area contributed by atoms with Crippen molar-refractivity contribution in [3.63, 3.8) is 0 Å². The Bertz CT molecular complexity index is 1070. The molecule has 0 aliphatic heterocycles. The summed E-state index contributed by atoms with van der Waals surface area (Å²) in [5, 5.41) is 8.80. The van der Waals surface area contributed by atoms with Crippen LogP contribution in [0.2, 0.25) is 0 Å². The van der Waals surface area contributed by atoms with Crippen LogP contribution in [0.3, 0.4) is 0 Å². The minimum atomic E-state index is -1.07. The fourth-order valence-electron chi connectivity index (χ4n) is 2.75. The summed E-state index contributed by atoms with van der Waals surface area (Å²) >= 11 is 0. The van der Waals surface area contributed by atoms with Gasteiger partial charge in [0.15, 0.2) is 17.0 Å². The second-order valence-corrected chi connectivity index (χ2v) is 6.46. The maximum absolute atomic E-state index is 12.2. The van der Waals surface area contributed by atoms with Gasteiger partial charge in [0, 0.05) is 25.3 Å². The topological polar surface area (TPSA) is 196 Å². The molecule has 0 atom stereocenters. The van der Waals surface area contributed by atoms with Crippen LogP contribution in [-0.2, 0) is 11.3 Å².